The number of hydrogen-bond acceptors (Lipinski definition) is 4. The Kier molecular flexibility index (Phi) is 4.70. The molecule has 1 aliphatic rings. The highest BCUT2D eigenvalue weighted by atomic mass is 16.2. The highest BCUT2D eigenvalue weighted by molar-refractivity contribution is 5.93. The topological polar surface area (TPSA) is 68.1 Å². The standard InChI is InChI=1S/C19H24N4O2/c1-19(2,3)16-6-7-17(24)23(21-16)15-8-11-22(12-9-15)18(25)14-5-4-10-20-13-14/h4-7,10,13,15H,8-9,11-12H2,1-3H3. The van der Waals surface area contributed by atoms with Crippen molar-refractivity contribution >= 4 is 5.91 Å². The summed E-state index contributed by atoms with van der Waals surface area (Å²) in [6.45, 7) is 7.48. The molecule has 1 aliphatic heterocycles. The summed E-state index contributed by atoms with van der Waals surface area (Å²) in [5.41, 5.74) is 1.32. The Morgan fingerprint density at radius 2 is 1.88 bits per heavy atom. The fourth-order valence-electron chi connectivity index (χ4n) is 3.07. The molecule has 6 nitrogen and oxygen atoms in total. The highest BCUT2D eigenvalue weighted by Crippen LogP contribution is 2.24. The number of carbonyl (C=O) groups is 1. The van der Waals surface area contributed by atoms with Crippen molar-refractivity contribution in [2.24, 2.45) is 0 Å². The van der Waals surface area contributed by atoms with Gasteiger partial charge in [0.2, 0.25) is 0 Å². The Balaban J connectivity index is 1.73. The van der Waals surface area contributed by atoms with E-state index in [1.54, 1.807) is 41.3 Å². The van der Waals surface area contributed by atoms with Gasteiger partial charge in [0, 0.05) is 37.0 Å². The quantitative estimate of drug-likeness (QED) is 0.842. The third-order valence-electron chi connectivity index (χ3n) is 4.60. The molecule has 0 radical (unpaired) electrons. The molecule has 1 fully saturated rings. The third kappa shape index (κ3) is 3.78. The average Bonchev–Trinajstić information content (AvgIpc) is 2.61. The number of hydrogen-bond donors (Lipinski definition) is 0. The second-order valence-corrected chi connectivity index (χ2v) is 7.52. The number of piperidine rings is 1. The van der Waals surface area contributed by atoms with Crippen molar-refractivity contribution in [3.05, 3.63) is 58.3 Å². The molecule has 2 aromatic rings. The van der Waals surface area contributed by atoms with Crippen LogP contribution in [-0.4, -0.2) is 38.7 Å². The molecule has 1 saturated heterocycles. The van der Waals surface area contributed by atoms with Crippen LogP contribution in [0.5, 0.6) is 0 Å². The van der Waals surface area contributed by atoms with Crippen molar-refractivity contribution in [1.82, 2.24) is 19.7 Å². The number of likely N-dealkylation sites (tertiary alicyclic amines) is 1. The zero-order valence-corrected chi connectivity index (χ0v) is 15.0. The van der Waals surface area contributed by atoms with Gasteiger partial charge in [-0.2, -0.15) is 5.10 Å². The van der Waals surface area contributed by atoms with Crippen LogP contribution in [0.4, 0.5) is 0 Å². The summed E-state index contributed by atoms with van der Waals surface area (Å²) >= 11 is 0. The number of amides is 1. The summed E-state index contributed by atoms with van der Waals surface area (Å²) in [6.07, 6.45) is 4.70. The predicted molar refractivity (Wildman–Crippen MR) is 95.6 cm³/mol. The van der Waals surface area contributed by atoms with Crippen molar-refractivity contribution < 1.29 is 4.79 Å². The molecule has 6 heteroatoms. The molecular formula is C19H24N4O2. The number of pyridine rings is 1. The van der Waals surface area contributed by atoms with E-state index in [0.717, 1.165) is 18.5 Å². The Hall–Kier alpha value is -2.50. The molecule has 25 heavy (non-hydrogen) atoms. The van der Waals surface area contributed by atoms with Gasteiger partial charge in [-0.1, -0.05) is 20.8 Å². The van der Waals surface area contributed by atoms with Crippen LogP contribution < -0.4 is 5.56 Å². The van der Waals surface area contributed by atoms with Gasteiger partial charge in [0.05, 0.1) is 17.3 Å². The maximum Gasteiger partial charge on any atom is 0.267 e. The minimum atomic E-state index is -0.105. The van der Waals surface area contributed by atoms with E-state index < -0.39 is 0 Å². The minimum absolute atomic E-state index is 0.00435. The zero-order valence-electron chi connectivity index (χ0n) is 15.0. The predicted octanol–water partition coefficient (Wildman–Crippen LogP) is 2.41. The van der Waals surface area contributed by atoms with E-state index in [-0.39, 0.29) is 22.9 Å². The maximum absolute atomic E-state index is 12.5. The van der Waals surface area contributed by atoms with Crippen molar-refractivity contribution in [1.29, 1.82) is 0 Å². The third-order valence-corrected chi connectivity index (χ3v) is 4.60. The number of nitrogens with zero attached hydrogens (tertiary/aromatic N) is 4. The van der Waals surface area contributed by atoms with Crippen LogP contribution in [0.25, 0.3) is 0 Å². The summed E-state index contributed by atoms with van der Waals surface area (Å²) in [4.78, 5) is 30.6. The largest absolute Gasteiger partial charge is 0.338 e. The van der Waals surface area contributed by atoms with Gasteiger partial charge >= 0.3 is 0 Å². The van der Waals surface area contributed by atoms with Crippen molar-refractivity contribution in [3.63, 3.8) is 0 Å². The lowest BCUT2D eigenvalue weighted by molar-refractivity contribution is 0.0687. The molecular weight excluding hydrogens is 316 g/mol. The van der Waals surface area contributed by atoms with E-state index in [2.05, 4.69) is 30.9 Å². The van der Waals surface area contributed by atoms with E-state index in [4.69, 9.17) is 0 Å². The first kappa shape index (κ1) is 17.3. The molecule has 0 saturated carbocycles. The zero-order chi connectivity index (χ0) is 18.0. The molecule has 3 heterocycles. The van der Waals surface area contributed by atoms with Crippen LogP contribution in [0, 0.1) is 0 Å². The van der Waals surface area contributed by atoms with Gasteiger partial charge in [-0.25, -0.2) is 4.68 Å². The van der Waals surface area contributed by atoms with Crippen molar-refractivity contribution in [2.45, 2.75) is 45.1 Å². The molecule has 1 amide bonds. The smallest absolute Gasteiger partial charge is 0.267 e. The van der Waals surface area contributed by atoms with Crippen LogP contribution in [0.1, 0.15) is 55.7 Å². The average molecular weight is 340 g/mol. The Morgan fingerprint density at radius 3 is 2.48 bits per heavy atom. The first-order valence-electron chi connectivity index (χ1n) is 8.66. The van der Waals surface area contributed by atoms with Crippen LogP contribution in [0.3, 0.4) is 0 Å². The Morgan fingerprint density at radius 1 is 1.16 bits per heavy atom. The molecule has 2 aromatic heterocycles. The lowest BCUT2D eigenvalue weighted by atomic mass is 9.92. The monoisotopic (exact) mass is 340 g/mol. The molecule has 3 rings (SSSR count). The van der Waals surface area contributed by atoms with Gasteiger partial charge in [-0.05, 0) is 31.0 Å². The molecule has 0 aliphatic carbocycles. The summed E-state index contributed by atoms with van der Waals surface area (Å²) in [5, 5.41) is 4.59. The number of aromatic nitrogens is 3. The highest BCUT2D eigenvalue weighted by Gasteiger charge is 2.26. The van der Waals surface area contributed by atoms with Crippen LogP contribution in [-0.2, 0) is 5.41 Å². The second kappa shape index (κ2) is 6.78. The lowest BCUT2D eigenvalue weighted by Gasteiger charge is -2.32. The van der Waals surface area contributed by atoms with E-state index in [1.165, 1.54) is 0 Å². The first-order chi connectivity index (χ1) is 11.9. The van der Waals surface area contributed by atoms with Crippen LogP contribution >= 0.6 is 0 Å². The summed E-state index contributed by atoms with van der Waals surface area (Å²) < 4.78 is 1.60. The van der Waals surface area contributed by atoms with Gasteiger partial charge in [0.25, 0.3) is 11.5 Å². The van der Waals surface area contributed by atoms with E-state index in [9.17, 15) is 9.59 Å². The molecule has 0 atom stereocenters. The van der Waals surface area contributed by atoms with E-state index >= 15 is 0 Å². The van der Waals surface area contributed by atoms with Gasteiger partial charge in [-0.15, -0.1) is 0 Å². The van der Waals surface area contributed by atoms with Gasteiger partial charge in [-0.3, -0.25) is 14.6 Å². The number of carbonyl (C=O) groups excluding carboxylic acids is 1. The fourth-order valence-corrected chi connectivity index (χ4v) is 3.07. The summed E-state index contributed by atoms with van der Waals surface area (Å²) in [7, 11) is 0. The summed E-state index contributed by atoms with van der Waals surface area (Å²) in [6, 6.07) is 6.98. The van der Waals surface area contributed by atoms with Crippen molar-refractivity contribution in [3.8, 4) is 0 Å². The SMILES string of the molecule is CC(C)(C)c1ccc(=O)n(C2CCN(C(=O)c3cccnc3)CC2)n1. The fraction of sp³-hybridized carbons (Fsp3) is 0.474. The maximum atomic E-state index is 12.5. The lowest BCUT2D eigenvalue weighted by Crippen LogP contribution is -2.41. The van der Waals surface area contributed by atoms with Gasteiger partial charge < -0.3 is 4.90 Å². The van der Waals surface area contributed by atoms with Crippen molar-refractivity contribution in [2.75, 3.05) is 13.1 Å². The number of rotatable bonds is 2. The molecule has 0 bridgehead atoms. The first-order valence-corrected chi connectivity index (χ1v) is 8.66. The van der Waals surface area contributed by atoms with Crippen LogP contribution in [0.15, 0.2) is 41.5 Å². The minimum Gasteiger partial charge on any atom is -0.338 e. The molecule has 0 aromatic carbocycles. The van der Waals surface area contributed by atoms with E-state index in [0.29, 0.717) is 18.7 Å². The molecule has 0 unspecified atom stereocenters. The van der Waals surface area contributed by atoms with Crippen LogP contribution in [0.2, 0.25) is 0 Å². The summed E-state index contributed by atoms with van der Waals surface area (Å²) in [5.74, 6) is -0.00435. The molecule has 0 spiro atoms. The second-order valence-electron chi connectivity index (χ2n) is 7.52. The normalized spacial score (nSPS) is 16.0. The van der Waals surface area contributed by atoms with Gasteiger partial charge in [0.15, 0.2) is 0 Å². The molecule has 0 N–H and O–H groups in total. The Labute approximate surface area is 147 Å². The van der Waals surface area contributed by atoms with E-state index in [1.807, 2.05) is 4.90 Å². The van der Waals surface area contributed by atoms with Gasteiger partial charge in [0.1, 0.15) is 0 Å². The molecule has 132 valence electrons. The Bertz CT molecular complexity index is 800.